The second-order valence-electron chi connectivity index (χ2n) is 4.11. The van der Waals surface area contributed by atoms with Gasteiger partial charge in [-0.15, -0.1) is 0 Å². The fourth-order valence-corrected chi connectivity index (χ4v) is 2.40. The highest BCUT2D eigenvalue weighted by molar-refractivity contribution is 14.1. The second kappa shape index (κ2) is 4.84. The van der Waals surface area contributed by atoms with E-state index in [1.165, 1.54) is 0 Å². The van der Waals surface area contributed by atoms with E-state index in [1.54, 1.807) is 0 Å². The quantitative estimate of drug-likeness (QED) is 0.826. The monoisotopic (exact) mass is 369 g/mol. The van der Waals surface area contributed by atoms with Gasteiger partial charge in [0, 0.05) is 12.6 Å². The average molecular weight is 369 g/mol. The van der Waals surface area contributed by atoms with E-state index < -0.39 is 0 Å². The smallest absolute Gasteiger partial charge is 0.231 e. The second-order valence-corrected chi connectivity index (χ2v) is 5.19. The summed E-state index contributed by atoms with van der Waals surface area (Å²) in [6, 6.07) is 5.73. The molecule has 98 valence electrons. The summed E-state index contributed by atoms with van der Waals surface area (Å²) < 4.78 is 11.7. The van der Waals surface area contributed by atoms with Gasteiger partial charge in [0.05, 0.1) is 9.26 Å². The van der Waals surface area contributed by atoms with Crippen LogP contribution in [0.2, 0.25) is 0 Å². The Morgan fingerprint density at radius 1 is 1.21 bits per heavy atom. The molecule has 0 radical (unpaired) electrons. The highest BCUT2D eigenvalue weighted by Gasteiger charge is 2.16. The lowest BCUT2D eigenvalue weighted by Crippen LogP contribution is -2.02. The first-order valence-corrected chi connectivity index (χ1v) is 6.89. The number of nitrogens with one attached hydrogen (secondary N) is 1. The third kappa shape index (κ3) is 2.20. The van der Waals surface area contributed by atoms with Crippen molar-refractivity contribution in [1.82, 2.24) is 9.97 Å². The Hall–Kier alpha value is -1.57. The van der Waals surface area contributed by atoms with Crippen molar-refractivity contribution in [2.24, 2.45) is 0 Å². The first kappa shape index (κ1) is 12.5. The van der Waals surface area contributed by atoms with Crippen molar-refractivity contribution in [2.45, 2.75) is 6.92 Å². The van der Waals surface area contributed by atoms with Crippen molar-refractivity contribution in [1.29, 1.82) is 0 Å². The van der Waals surface area contributed by atoms with Crippen LogP contribution in [0.1, 0.15) is 5.69 Å². The molecule has 0 unspecified atom stereocenters. The van der Waals surface area contributed by atoms with E-state index in [0.29, 0.717) is 5.82 Å². The molecule has 0 bridgehead atoms. The molecule has 0 saturated heterocycles. The SMILES string of the molecule is CNc1nc(-c2ccc3c(c2)OCO3)nc(C)c1I. The van der Waals surface area contributed by atoms with Gasteiger partial charge in [-0.25, -0.2) is 9.97 Å². The minimum Gasteiger partial charge on any atom is -0.454 e. The lowest BCUT2D eigenvalue weighted by atomic mass is 10.2. The van der Waals surface area contributed by atoms with E-state index in [4.69, 9.17) is 9.47 Å². The fraction of sp³-hybridized carbons (Fsp3) is 0.231. The summed E-state index contributed by atoms with van der Waals surface area (Å²) in [6.07, 6.45) is 0. The predicted octanol–water partition coefficient (Wildman–Crippen LogP) is 2.83. The molecule has 0 spiro atoms. The number of hydrogen-bond donors (Lipinski definition) is 1. The Morgan fingerprint density at radius 2 is 2.00 bits per heavy atom. The van der Waals surface area contributed by atoms with Gasteiger partial charge in [-0.2, -0.15) is 0 Å². The zero-order valence-electron chi connectivity index (χ0n) is 10.5. The number of halogens is 1. The van der Waals surface area contributed by atoms with Crippen molar-refractivity contribution in [3.63, 3.8) is 0 Å². The van der Waals surface area contributed by atoms with Crippen LogP contribution in [0.25, 0.3) is 11.4 Å². The van der Waals surface area contributed by atoms with Crippen molar-refractivity contribution >= 4 is 28.4 Å². The topological polar surface area (TPSA) is 56.3 Å². The maximum absolute atomic E-state index is 5.38. The van der Waals surface area contributed by atoms with Crippen molar-refractivity contribution in [3.8, 4) is 22.9 Å². The molecule has 1 aliphatic heterocycles. The van der Waals surface area contributed by atoms with E-state index in [0.717, 1.165) is 32.1 Å². The Labute approximate surface area is 124 Å². The van der Waals surface area contributed by atoms with Crippen LogP contribution in [0, 0.1) is 10.5 Å². The van der Waals surface area contributed by atoms with E-state index in [2.05, 4.69) is 37.9 Å². The van der Waals surface area contributed by atoms with Gasteiger partial charge in [0.2, 0.25) is 6.79 Å². The molecule has 1 aromatic heterocycles. The summed E-state index contributed by atoms with van der Waals surface area (Å²) in [5.41, 5.74) is 1.87. The molecule has 19 heavy (non-hydrogen) atoms. The number of aryl methyl sites for hydroxylation is 1. The number of rotatable bonds is 2. The van der Waals surface area contributed by atoms with Gasteiger partial charge in [-0.3, -0.25) is 0 Å². The van der Waals surface area contributed by atoms with Gasteiger partial charge in [0.1, 0.15) is 5.82 Å². The Bertz CT molecular complexity index is 646. The number of anilines is 1. The third-order valence-corrected chi connectivity index (χ3v) is 4.18. The molecule has 0 amide bonds. The molecule has 0 fully saturated rings. The van der Waals surface area contributed by atoms with Crippen LogP contribution in [0.5, 0.6) is 11.5 Å². The number of fused-ring (bicyclic) bond motifs is 1. The molecule has 0 saturated carbocycles. The van der Waals surface area contributed by atoms with E-state index in [-0.39, 0.29) is 6.79 Å². The summed E-state index contributed by atoms with van der Waals surface area (Å²) >= 11 is 2.24. The van der Waals surface area contributed by atoms with Crippen LogP contribution < -0.4 is 14.8 Å². The Kier molecular flexibility index (Phi) is 3.17. The van der Waals surface area contributed by atoms with Crippen LogP contribution >= 0.6 is 22.6 Å². The molecule has 5 nitrogen and oxygen atoms in total. The van der Waals surface area contributed by atoms with Gasteiger partial charge in [-0.05, 0) is 47.7 Å². The molecule has 6 heteroatoms. The summed E-state index contributed by atoms with van der Waals surface area (Å²) in [6.45, 7) is 2.24. The molecule has 1 aliphatic rings. The maximum atomic E-state index is 5.38. The highest BCUT2D eigenvalue weighted by atomic mass is 127. The molecule has 1 N–H and O–H groups in total. The van der Waals surface area contributed by atoms with Gasteiger partial charge in [0.15, 0.2) is 17.3 Å². The lowest BCUT2D eigenvalue weighted by Gasteiger charge is -2.09. The Balaban J connectivity index is 2.09. The molecule has 2 heterocycles. The van der Waals surface area contributed by atoms with E-state index in [1.807, 2.05) is 32.2 Å². The first-order chi connectivity index (χ1) is 9.19. The van der Waals surface area contributed by atoms with E-state index >= 15 is 0 Å². The van der Waals surface area contributed by atoms with Crippen molar-refractivity contribution in [3.05, 3.63) is 27.5 Å². The number of aromatic nitrogens is 2. The van der Waals surface area contributed by atoms with Crippen LogP contribution in [0.4, 0.5) is 5.82 Å². The van der Waals surface area contributed by atoms with E-state index in [9.17, 15) is 0 Å². The maximum Gasteiger partial charge on any atom is 0.231 e. The van der Waals surface area contributed by atoms with Gasteiger partial charge in [0.25, 0.3) is 0 Å². The fourth-order valence-electron chi connectivity index (χ4n) is 1.89. The summed E-state index contributed by atoms with van der Waals surface area (Å²) in [4.78, 5) is 9.04. The standard InChI is InChI=1S/C13H12IN3O2/c1-7-11(14)13(15-2)17-12(16-7)8-3-4-9-10(5-8)19-6-18-9/h3-5H,6H2,1-2H3,(H,15,16,17). The molecule has 1 aromatic carbocycles. The largest absolute Gasteiger partial charge is 0.454 e. The molecular formula is C13H12IN3O2. The zero-order valence-corrected chi connectivity index (χ0v) is 12.7. The molecular weight excluding hydrogens is 357 g/mol. The van der Waals surface area contributed by atoms with Gasteiger partial charge < -0.3 is 14.8 Å². The summed E-state index contributed by atoms with van der Waals surface area (Å²) in [5, 5.41) is 3.08. The molecule has 0 aliphatic carbocycles. The average Bonchev–Trinajstić information content (AvgIpc) is 2.89. The number of hydrogen-bond acceptors (Lipinski definition) is 5. The molecule has 3 rings (SSSR count). The van der Waals surface area contributed by atoms with Crippen molar-refractivity contribution < 1.29 is 9.47 Å². The first-order valence-electron chi connectivity index (χ1n) is 5.81. The minimum atomic E-state index is 0.271. The van der Waals surface area contributed by atoms with Crippen LogP contribution in [-0.4, -0.2) is 23.8 Å². The zero-order chi connectivity index (χ0) is 13.4. The summed E-state index contributed by atoms with van der Waals surface area (Å²) in [7, 11) is 1.85. The number of benzene rings is 1. The minimum absolute atomic E-state index is 0.271. The van der Waals surface area contributed by atoms with Gasteiger partial charge in [-0.1, -0.05) is 0 Å². The molecule has 2 aromatic rings. The van der Waals surface area contributed by atoms with Crippen LogP contribution in [0.15, 0.2) is 18.2 Å². The predicted molar refractivity (Wildman–Crippen MR) is 80.6 cm³/mol. The number of ether oxygens (including phenoxy) is 2. The van der Waals surface area contributed by atoms with Crippen LogP contribution in [0.3, 0.4) is 0 Å². The lowest BCUT2D eigenvalue weighted by molar-refractivity contribution is 0.174. The summed E-state index contributed by atoms with van der Waals surface area (Å²) in [5.74, 6) is 3.02. The highest BCUT2D eigenvalue weighted by Crippen LogP contribution is 2.35. The Morgan fingerprint density at radius 3 is 2.79 bits per heavy atom. The number of nitrogens with zero attached hydrogens (tertiary/aromatic N) is 2. The van der Waals surface area contributed by atoms with Crippen molar-refractivity contribution in [2.75, 3.05) is 19.2 Å². The van der Waals surface area contributed by atoms with Gasteiger partial charge >= 0.3 is 0 Å². The normalized spacial score (nSPS) is 12.6. The molecule has 0 atom stereocenters. The van der Waals surface area contributed by atoms with Crippen LogP contribution in [-0.2, 0) is 0 Å². The third-order valence-electron chi connectivity index (χ3n) is 2.88.